The fourth-order valence-electron chi connectivity index (χ4n) is 1.97. The van der Waals surface area contributed by atoms with Gasteiger partial charge in [-0.05, 0) is 27.2 Å². The van der Waals surface area contributed by atoms with Gasteiger partial charge < -0.3 is 10.1 Å². The van der Waals surface area contributed by atoms with Crippen LogP contribution in [-0.4, -0.2) is 39.6 Å². The van der Waals surface area contributed by atoms with E-state index >= 15 is 0 Å². The van der Waals surface area contributed by atoms with Gasteiger partial charge >= 0.3 is 0 Å². The van der Waals surface area contributed by atoms with Gasteiger partial charge in [0.25, 0.3) is 0 Å². The fourth-order valence-corrected chi connectivity index (χ4v) is 1.97. The molecule has 0 spiro atoms. The summed E-state index contributed by atoms with van der Waals surface area (Å²) >= 11 is 0. The lowest BCUT2D eigenvalue weighted by Crippen LogP contribution is -2.09. The van der Waals surface area contributed by atoms with Crippen LogP contribution in [0.1, 0.15) is 32.0 Å². The SMILES string of the molecule is COCCCNc1nc(C)cn1-c1cnn(C(C)C)c1. The second-order valence-corrected chi connectivity index (χ2v) is 5.12. The summed E-state index contributed by atoms with van der Waals surface area (Å²) < 4.78 is 9.03. The standard InChI is InChI=1S/C14H23N5O/c1-11(2)19-10-13(8-16-19)18-9-12(3)17-14(18)15-6-5-7-20-4/h8-11H,5-7H2,1-4H3,(H,15,17). The maximum atomic E-state index is 5.05. The number of anilines is 1. The van der Waals surface area contributed by atoms with E-state index in [-0.39, 0.29) is 0 Å². The summed E-state index contributed by atoms with van der Waals surface area (Å²) in [4.78, 5) is 4.51. The molecular weight excluding hydrogens is 254 g/mol. The Morgan fingerprint density at radius 2 is 2.15 bits per heavy atom. The molecule has 2 rings (SSSR count). The molecule has 2 aromatic heterocycles. The molecule has 0 amide bonds. The van der Waals surface area contributed by atoms with Crippen molar-refractivity contribution in [3.8, 4) is 5.69 Å². The van der Waals surface area contributed by atoms with Crippen molar-refractivity contribution in [2.45, 2.75) is 33.2 Å². The summed E-state index contributed by atoms with van der Waals surface area (Å²) in [5.74, 6) is 0.849. The first-order chi connectivity index (χ1) is 9.61. The smallest absolute Gasteiger partial charge is 0.207 e. The Labute approximate surface area is 119 Å². The van der Waals surface area contributed by atoms with Crippen molar-refractivity contribution in [1.82, 2.24) is 19.3 Å². The van der Waals surface area contributed by atoms with Crippen molar-refractivity contribution in [2.24, 2.45) is 0 Å². The molecule has 6 heteroatoms. The number of rotatable bonds is 7. The van der Waals surface area contributed by atoms with Gasteiger partial charge in [0.1, 0.15) is 0 Å². The number of nitrogens with zero attached hydrogens (tertiary/aromatic N) is 4. The lowest BCUT2D eigenvalue weighted by Gasteiger charge is -2.08. The van der Waals surface area contributed by atoms with Gasteiger partial charge in [0.05, 0.1) is 17.6 Å². The summed E-state index contributed by atoms with van der Waals surface area (Å²) in [7, 11) is 1.71. The van der Waals surface area contributed by atoms with Gasteiger partial charge in [0.15, 0.2) is 0 Å². The molecule has 0 bridgehead atoms. The molecule has 0 fully saturated rings. The minimum Gasteiger partial charge on any atom is -0.385 e. The highest BCUT2D eigenvalue weighted by Crippen LogP contribution is 2.17. The molecule has 6 nitrogen and oxygen atoms in total. The third kappa shape index (κ3) is 3.39. The Morgan fingerprint density at radius 1 is 1.35 bits per heavy atom. The number of ether oxygens (including phenoxy) is 1. The first-order valence-corrected chi connectivity index (χ1v) is 6.95. The second-order valence-electron chi connectivity index (χ2n) is 5.12. The van der Waals surface area contributed by atoms with Crippen molar-refractivity contribution >= 4 is 5.95 Å². The van der Waals surface area contributed by atoms with E-state index in [2.05, 4.69) is 29.2 Å². The van der Waals surface area contributed by atoms with E-state index in [1.165, 1.54) is 0 Å². The van der Waals surface area contributed by atoms with Gasteiger partial charge in [-0.2, -0.15) is 5.10 Å². The molecular formula is C14H23N5O. The molecule has 0 aliphatic rings. The summed E-state index contributed by atoms with van der Waals surface area (Å²) in [5, 5.41) is 7.71. The third-order valence-electron chi connectivity index (χ3n) is 3.03. The fraction of sp³-hybridized carbons (Fsp3) is 0.571. The molecule has 0 radical (unpaired) electrons. The second kappa shape index (κ2) is 6.56. The van der Waals surface area contributed by atoms with Crippen LogP contribution in [-0.2, 0) is 4.74 Å². The molecule has 2 aromatic rings. The summed E-state index contributed by atoms with van der Waals surface area (Å²) in [5.41, 5.74) is 2.00. The normalized spacial score (nSPS) is 11.2. The number of hydrogen-bond acceptors (Lipinski definition) is 4. The quantitative estimate of drug-likeness (QED) is 0.790. The summed E-state index contributed by atoms with van der Waals surface area (Å²) in [6.45, 7) is 7.80. The Morgan fingerprint density at radius 3 is 2.80 bits per heavy atom. The zero-order valence-electron chi connectivity index (χ0n) is 12.6. The molecule has 0 aromatic carbocycles. The Kier molecular flexibility index (Phi) is 4.79. The monoisotopic (exact) mass is 277 g/mol. The van der Waals surface area contributed by atoms with Gasteiger partial charge in [0, 0.05) is 38.7 Å². The molecule has 0 atom stereocenters. The lowest BCUT2D eigenvalue weighted by molar-refractivity contribution is 0.197. The first-order valence-electron chi connectivity index (χ1n) is 6.95. The molecule has 1 N–H and O–H groups in total. The predicted octanol–water partition coefficient (Wildman–Crippen LogP) is 2.41. The van der Waals surface area contributed by atoms with E-state index in [1.54, 1.807) is 7.11 Å². The van der Waals surface area contributed by atoms with Gasteiger partial charge in [-0.1, -0.05) is 0 Å². The summed E-state index contributed by atoms with van der Waals surface area (Å²) in [6.07, 6.45) is 6.86. The zero-order chi connectivity index (χ0) is 14.5. The van der Waals surface area contributed by atoms with Crippen molar-refractivity contribution in [1.29, 1.82) is 0 Å². The third-order valence-corrected chi connectivity index (χ3v) is 3.03. The number of hydrogen-bond donors (Lipinski definition) is 1. The molecule has 0 saturated heterocycles. The summed E-state index contributed by atoms with van der Waals surface area (Å²) in [6, 6.07) is 0.353. The maximum absolute atomic E-state index is 5.05. The van der Waals surface area contributed by atoms with E-state index < -0.39 is 0 Å². The number of nitrogens with one attached hydrogen (secondary N) is 1. The van der Waals surface area contributed by atoms with Crippen LogP contribution in [0.2, 0.25) is 0 Å². The molecule has 2 heterocycles. The van der Waals surface area contributed by atoms with Crippen LogP contribution < -0.4 is 5.32 Å². The Hall–Kier alpha value is -1.82. The van der Waals surface area contributed by atoms with E-state index in [9.17, 15) is 0 Å². The van der Waals surface area contributed by atoms with Gasteiger partial charge in [-0.15, -0.1) is 0 Å². The van der Waals surface area contributed by atoms with E-state index in [0.717, 1.165) is 36.9 Å². The molecule has 0 aliphatic heterocycles. The molecule has 20 heavy (non-hydrogen) atoms. The Balaban J connectivity index is 2.13. The highest BCUT2D eigenvalue weighted by molar-refractivity contribution is 5.40. The number of imidazole rings is 1. The van der Waals surface area contributed by atoms with Crippen LogP contribution in [0, 0.1) is 6.92 Å². The first kappa shape index (κ1) is 14.6. The molecule has 0 aliphatic carbocycles. The Bertz CT molecular complexity index is 544. The van der Waals surface area contributed by atoms with Crippen LogP contribution in [0.4, 0.5) is 5.95 Å². The van der Waals surface area contributed by atoms with Crippen LogP contribution in [0.25, 0.3) is 5.69 Å². The maximum Gasteiger partial charge on any atom is 0.207 e. The highest BCUT2D eigenvalue weighted by atomic mass is 16.5. The highest BCUT2D eigenvalue weighted by Gasteiger charge is 2.10. The topological polar surface area (TPSA) is 56.9 Å². The molecule has 110 valence electrons. The van der Waals surface area contributed by atoms with E-state index in [0.29, 0.717) is 6.04 Å². The van der Waals surface area contributed by atoms with Crippen molar-refractivity contribution in [3.63, 3.8) is 0 Å². The van der Waals surface area contributed by atoms with Crippen LogP contribution in [0.15, 0.2) is 18.6 Å². The average Bonchev–Trinajstić information content (AvgIpc) is 3.01. The predicted molar refractivity (Wildman–Crippen MR) is 79.5 cm³/mol. The molecule has 0 saturated carbocycles. The number of aromatic nitrogens is 4. The van der Waals surface area contributed by atoms with E-state index in [4.69, 9.17) is 4.74 Å². The van der Waals surface area contributed by atoms with Crippen molar-refractivity contribution in [3.05, 3.63) is 24.3 Å². The number of aryl methyl sites for hydroxylation is 1. The van der Waals surface area contributed by atoms with E-state index in [1.807, 2.05) is 34.8 Å². The van der Waals surface area contributed by atoms with Crippen molar-refractivity contribution < 1.29 is 4.74 Å². The van der Waals surface area contributed by atoms with Gasteiger partial charge in [-0.25, -0.2) is 4.98 Å². The van der Waals surface area contributed by atoms with Crippen LogP contribution in [0.5, 0.6) is 0 Å². The average molecular weight is 277 g/mol. The minimum absolute atomic E-state index is 0.353. The minimum atomic E-state index is 0.353. The molecule has 0 unspecified atom stereocenters. The lowest BCUT2D eigenvalue weighted by atomic mass is 10.4. The van der Waals surface area contributed by atoms with Crippen molar-refractivity contribution in [2.75, 3.05) is 25.6 Å². The van der Waals surface area contributed by atoms with Gasteiger partial charge in [-0.3, -0.25) is 9.25 Å². The van der Waals surface area contributed by atoms with Crippen LogP contribution in [0.3, 0.4) is 0 Å². The van der Waals surface area contributed by atoms with Crippen LogP contribution >= 0.6 is 0 Å². The van der Waals surface area contributed by atoms with Gasteiger partial charge in [0.2, 0.25) is 5.95 Å². The largest absolute Gasteiger partial charge is 0.385 e. The number of methoxy groups -OCH3 is 1. The zero-order valence-corrected chi connectivity index (χ0v) is 12.6.